The van der Waals surface area contributed by atoms with Crippen LogP contribution >= 0.6 is 12.6 Å². The molecule has 2 aliphatic rings. The topological polar surface area (TPSA) is 101 Å². The number of thiol groups is 1. The van der Waals surface area contributed by atoms with E-state index in [1.165, 1.54) is 6.07 Å². The molecule has 4 atom stereocenters. The van der Waals surface area contributed by atoms with E-state index in [-0.39, 0.29) is 29.6 Å². The summed E-state index contributed by atoms with van der Waals surface area (Å²) >= 11 is 4.35. The standard InChI is InChI=1S/C19H23BFN5O3S/c1-10-4-5-19(20,30)29-17-8-15(13(21)9-22-17)24-16-7-14(25-26-16)11-2-3-12(6-11)28-18(27)23-10/h7-12,30H,2-6H2,1H3,(H,23,27)(H2,24,25,26). The summed E-state index contributed by atoms with van der Waals surface area (Å²) in [7, 11) is 6.12. The number of alkyl carbamates (subject to hydrolysis) is 1. The highest BCUT2D eigenvalue weighted by Crippen LogP contribution is 2.36. The van der Waals surface area contributed by atoms with Crippen molar-refractivity contribution in [3.8, 4) is 5.88 Å². The van der Waals surface area contributed by atoms with Crippen LogP contribution in [0.5, 0.6) is 5.88 Å². The molecule has 4 rings (SSSR count). The van der Waals surface area contributed by atoms with E-state index in [0.29, 0.717) is 25.1 Å². The van der Waals surface area contributed by atoms with E-state index in [0.717, 1.165) is 24.7 Å². The summed E-state index contributed by atoms with van der Waals surface area (Å²) in [5.74, 6) is 0.217. The minimum Gasteiger partial charge on any atom is -0.471 e. The lowest BCUT2D eigenvalue weighted by molar-refractivity contribution is 0.0966. The number of nitrogens with one attached hydrogen (secondary N) is 3. The number of ether oxygens (including phenoxy) is 2. The molecule has 2 radical (unpaired) electrons. The van der Waals surface area contributed by atoms with E-state index < -0.39 is 16.7 Å². The third-order valence-corrected chi connectivity index (χ3v) is 5.68. The maximum atomic E-state index is 14.3. The number of hydrogen-bond donors (Lipinski definition) is 4. The van der Waals surface area contributed by atoms with Gasteiger partial charge in [-0.3, -0.25) is 5.10 Å². The van der Waals surface area contributed by atoms with Crippen molar-refractivity contribution < 1.29 is 18.7 Å². The number of carbonyl (C=O) groups excluding carboxylic acids is 1. The number of hydrogen-bond acceptors (Lipinski definition) is 7. The van der Waals surface area contributed by atoms with Gasteiger partial charge in [-0.1, -0.05) is 0 Å². The average molecular weight is 431 g/mol. The van der Waals surface area contributed by atoms with Gasteiger partial charge in [0.2, 0.25) is 5.88 Å². The van der Waals surface area contributed by atoms with Gasteiger partial charge in [0, 0.05) is 29.8 Å². The molecular weight excluding hydrogens is 408 g/mol. The Morgan fingerprint density at radius 3 is 3.00 bits per heavy atom. The van der Waals surface area contributed by atoms with Gasteiger partial charge in [-0.15, -0.1) is 12.6 Å². The minimum atomic E-state index is -1.36. The molecular formula is C19H23BFN5O3S. The molecule has 30 heavy (non-hydrogen) atoms. The Balaban J connectivity index is 1.60. The number of anilines is 2. The minimum absolute atomic E-state index is 0.118. The first-order chi connectivity index (χ1) is 14.3. The molecule has 0 saturated heterocycles. The summed E-state index contributed by atoms with van der Waals surface area (Å²) in [5.41, 5.74) is 1.07. The largest absolute Gasteiger partial charge is 0.471 e. The summed E-state index contributed by atoms with van der Waals surface area (Å²) in [6.07, 6.45) is 3.59. The van der Waals surface area contributed by atoms with Gasteiger partial charge in [0.25, 0.3) is 0 Å². The highest BCUT2D eigenvalue weighted by molar-refractivity contribution is 7.83. The van der Waals surface area contributed by atoms with Crippen molar-refractivity contribution in [1.82, 2.24) is 20.5 Å². The number of nitrogens with zero attached hydrogens (tertiary/aromatic N) is 2. The van der Waals surface area contributed by atoms with Crippen molar-refractivity contribution in [1.29, 1.82) is 0 Å². The molecule has 2 aromatic heterocycles. The Morgan fingerprint density at radius 2 is 2.17 bits per heavy atom. The molecule has 1 fully saturated rings. The molecule has 4 unspecified atom stereocenters. The summed E-state index contributed by atoms with van der Waals surface area (Å²) in [6.45, 7) is 1.85. The van der Waals surface area contributed by atoms with Gasteiger partial charge in [-0.2, -0.15) is 5.10 Å². The zero-order chi connectivity index (χ0) is 21.3. The van der Waals surface area contributed by atoms with Crippen LogP contribution in [0.1, 0.15) is 50.6 Å². The van der Waals surface area contributed by atoms with Crippen molar-refractivity contribution >= 4 is 38.1 Å². The molecule has 158 valence electrons. The summed E-state index contributed by atoms with van der Waals surface area (Å²) in [6, 6.07) is 3.04. The maximum Gasteiger partial charge on any atom is 0.407 e. The van der Waals surface area contributed by atoms with Crippen LogP contribution in [0.25, 0.3) is 0 Å². The first-order valence-corrected chi connectivity index (χ1v) is 10.4. The molecule has 8 nitrogen and oxygen atoms in total. The molecule has 0 spiro atoms. The van der Waals surface area contributed by atoms with Crippen LogP contribution in [0.3, 0.4) is 0 Å². The van der Waals surface area contributed by atoms with Crippen LogP contribution in [-0.4, -0.2) is 46.1 Å². The number of aromatic nitrogens is 3. The number of rotatable bonds is 0. The Bertz CT molecular complexity index is 927. The molecule has 3 heterocycles. The lowest BCUT2D eigenvalue weighted by Gasteiger charge is -2.27. The first kappa shape index (κ1) is 20.8. The van der Waals surface area contributed by atoms with Gasteiger partial charge in [0.05, 0.1) is 11.9 Å². The fourth-order valence-electron chi connectivity index (χ4n) is 3.76. The summed E-state index contributed by atoms with van der Waals surface area (Å²) < 4.78 is 25.5. The molecule has 1 aliphatic heterocycles. The monoisotopic (exact) mass is 431 g/mol. The Morgan fingerprint density at radius 1 is 1.33 bits per heavy atom. The second-order valence-corrected chi connectivity index (χ2v) is 8.66. The normalized spacial score (nSPS) is 29.6. The molecule has 1 saturated carbocycles. The number of H-pyrrole nitrogens is 1. The third-order valence-electron chi connectivity index (χ3n) is 5.37. The Kier molecular flexibility index (Phi) is 5.81. The smallest absolute Gasteiger partial charge is 0.407 e. The van der Waals surface area contributed by atoms with E-state index in [4.69, 9.17) is 17.3 Å². The summed E-state index contributed by atoms with van der Waals surface area (Å²) in [5, 5.41) is 13.0. The van der Waals surface area contributed by atoms with Crippen LogP contribution in [0.2, 0.25) is 0 Å². The van der Waals surface area contributed by atoms with Crippen molar-refractivity contribution in [2.75, 3.05) is 5.32 Å². The lowest BCUT2D eigenvalue weighted by Crippen LogP contribution is -2.38. The van der Waals surface area contributed by atoms with Gasteiger partial charge in [-0.05, 0) is 39.0 Å². The highest BCUT2D eigenvalue weighted by atomic mass is 32.1. The van der Waals surface area contributed by atoms with Gasteiger partial charge in [0.15, 0.2) is 11.6 Å². The zero-order valence-electron chi connectivity index (χ0n) is 16.5. The number of pyridine rings is 1. The third kappa shape index (κ3) is 5.00. The molecule has 1 amide bonds. The van der Waals surface area contributed by atoms with Gasteiger partial charge < -0.3 is 20.1 Å². The fraction of sp³-hybridized carbons (Fsp3) is 0.526. The van der Waals surface area contributed by atoms with Gasteiger partial charge >= 0.3 is 6.09 Å². The van der Waals surface area contributed by atoms with E-state index in [1.54, 1.807) is 0 Å². The van der Waals surface area contributed by atoms with Crippen molar-refractivity contribution in [2.45, 2.75) is 61.9 Å². The molecule has 2 aromatic rings. The number of carbonyl (C=O) groups is 1. The Hall–Kier alpha value is -2.43. The van der Waals surface area contributed by atoms with E-state index >= 15 is 0 Å². The first-order valence-electron chi connectivity index (χ1n) is 9.93. The van der Waals surface area contributed by atoms with Crippen LogP contribution in [0, 0.1) is 5.82 Å². The van der Waals surface area contributed by atoms with Gasteiger partial charge in [-0.25, -0.2) is 14.2 Å². The number of halogens is 1. The average Bonchev–Trinajstić information content (AvgIpc) is 3.31. The van der Waals surface area contributed by atoms with E-state index in [1.807, 2.05) is 13.0 Å². The Labute approximate surface area is 180 Å². The van der Waals surface area contributed by atoms with Crippen molar-refractivity contribution in [3.63, 3.8) is 0 Å². The molecule has 1 aliphatic carbocycles. The number of amides is 1. The SMILES string of the molecule is [B]C1(S)CCC(C)NC(=O)OC2CCC(C2)c2cc(n[nH]2)Nc2cc(ncc2F)O1. The van der Waals surface area contributed by atoms with Gasteiger partial charge in [0.1, 0.15) is 18.8 Å². The predicted octanol–water partition coefficient (Wildman–Crippen LogP) is 3.36. The van der Waals surface area contributed by atoms with Crippen molar-refractivity contribution in [3.05, 3.63) is 29.8 Å². The van der Waals surface area contributed by atoms with Crippen LogP contribution < -0.4 is 15.4 Å². The van der Waals surface area contributed by atoms with Crippen LogP contribution in [-0.2, 0) is 4.74 Å². The molecule has 11 heteroatoms. The van der Waals surface area contributed by atoms with E-state index in [9.17, 15) is 9.18 Å². The second-order valence-electron chi connectivity index (χ2n) is 7.90. The highest BCUT2D eigenvalue weighted by Gasteiger charge is 2.31. The summed E-state index contributed by atoms with van der Waals surface area (Å²) in [4.78, 5) is 14.8. The predicted molar refractivity (Wildman–Crippen MR) is 113 cm³/mol. The number of aromatic amines is 1. The molecule has 6 bridgehead atoms. The maximum absolute atomic E-state index is 14.3. The second kappa shape index (κ2) is 8.37. The quantitative estimate of drug-likeness (QED) is 0.377. The molecule has 3 N–H and O–H groups in total. The number of fused-ring (bicyclic) bond motifs is 7. The van der Waals surface area contributed by atoms with E-state index in [2.05, 4.69) is 38.4 Å². The van der Waals surface area contributed by atoms with Crippen LogP contribution in [0.4, 0.5) is 20.7 Å². The lowest BCUT2D eigenvalue weighted by atomic mass is 9.92. The zero-order valence-corrected chi connectivity index (χ0v) is 17.4. The van der Waals surface area contributed by atoms with Crippen molar-refractivity contribution in [2.24, 2.45) is 0 Å². The van der Waals surface area contributed by atoms with Crippen LogP contribution in [0.15, 0.2) is 18.3 Å². The molecule has 0 aromatic carbocycles. The fourth-order valence-corrected chi connectivity index (χ4v) is 3.99.